The number of amides is 1. The van der Waals surface area contributed by atoms with E-state index in [0.29, 0.717) is 31.4 Å². The topological polar surface area (TPSA) is 62.2 Å². The van der Waals surface area contributed by atoms with E-state index in [4.69, 9.17) is 4.98 Å². The summed E-state index contributed by atoms with van der Waals surface area (Å²) >= 11 is 0. The fraction of sp³-hybridized carbons (Fsp3) is 0.308. The third-order valence-electron chi connectivity index (χ3n) is 5.65. The van der Waals surface area contributed by atoms with Crippen LogP contribution in [0.2, 0.25) is 0 Å². The first-order valence-electron chi connectivity index (χ1n) is 11.0. The van der Waals surface area contributed by atoms with Gasteiger partial charge in [-0.25, -0.2) is 9.97 Å². The molecule has 0 radical (unpaired) electrons. The van der Waals surface area contributed by atoms with E-state index in [2.05, 4.69) is 34.3 Å². The number of pyridine rings is 1. The Balaban J connectivity index is 1.67. The molecule has 0 unspecified atom stereocenters. The maximum Gasteiger partial charge on any atom is 0.225 e. The quantitative estimate of drug-likeness (QED) is 0.496. The third-order valence-corrected chi connectivity index (χ3v) is 5.65. The maximum atomic E-state index is 13.4. The summed E-state index contributed by atoms with van der Waals surface area (Å²) in [4.78, 5) is 31.0. The summed E-state index contributed by atoms with van der Waals surface area (Å²) in [5.74, 6) is 1.08. The number of nitrogens with zero attached hydrogens (tertiary/aromatic N) is 5. The second-order valence-corrected chi connectivity index (χ2v) is 8.34. The molecule has 1 aliphatic carbocycles. The number of allylic oxidation sites excluding steroid dienone is 2. The van der Waals surface area contributed by atoms with Crippen molar-refractivity contribution in [3.05, 3.63) is 84.3 Å². The van der Waals surface area contributed by atoms with Crippen molar-refractivity contribution >= 4 is 11.9 Å². The van der Waals surface area contributed by atoms with Gasteiger partial charge in [-0.2, -0.15) is 0 Å². The number of carbonyl (C=O) groups excluding carboxylic acids is 1. The number of aromatic nitrogens is 3. The van der Waals surface area contributed by atoms with Crippen molar-refractivity contribution in [1.82, 2.24) is 19.9 Å². The van der Waals surface area contributed by atoms with Crippen molar-refractivity contribution in [2.75, 3.05) is 19.0 Å². The second-order valence-electron chi connectivity index (χ2n) is 8.34. The van der Waals surface area contributed by atoms with Crippen LogP contribution in [0.15, 0.2) is 73.1 Å². The summed E-state index contributed by atoms with van der Waals surface area (Å²) in [6, 6.07) is 15.9. The van der Waals surface area contributed by atoms with Crippen molar-refractivity contribution in [1.29, 1.82) is 0 Å². The minimum Gasteiger partial charge on any atom is -0.347 e. The van der Waals surface area contributed by atoms with Gasteiger partial charge in [-0.1, -0.05) is 48.6 Å². The lowest BCUT2D eigenvalue weighted by atomic mass is 10.0. The minimum absolute atomic E-state index is 0.141. The van der Waals surface area contributed by atoms with Crippen LogP contribution in [0.25, 0.3) is 11.3 Å². The molecule has 164 valence electrons. The van der Waals surface area contributed by atoms with Crippen molar-refractivity contribution in [2.24, 2.45) is 5.92 Å². The summed E-state index contributed by atoms with van der Waals surface area (Å²) in [5, 5.41) is 0. The van der Waals surface area contributed by atoms with Crippen molar-refractivity contribution in [2.45, 2.75) is 32.4 Å². The third kappa shape index (κ3) is 5.38. The normalized spacial score (nSPS) is 15.0. The first-order chi connectivity index (χ1) is 15.6. The van der Waals surface area contributed by atoms with Gasteiger partial charge in [-0.05, 0) is 36.5 Å². The summed E-state index contributed by atoms with van der Waals surface area (Å²) < 4.78 is 0. The average molecular weight is 428 g/mol. The van der Waals surface area contributed by atoms with Gasteiger partial charge in [0.25, 0.3) is 0 Å². The smallest absolute Gasteiger partial charge is 0.225 e. The summed E-state index contributed by atoms with van der Waals surface area (Å²) in [7, 11) is 3.83. The van der Waals surface area contributed by atoms with Crippen LogP contribution in [-0.2, 0) is 17.9 Å². The zero-order valence-corrected chi connectivity index (χ0v) is 18.7. The number of hydrogen-bond acceptors (Lipinski definition) is 5. The molecule has 0 saturated heterocycles. The van der Waals surface area contributed by atoms with Crippen molar-refractivity contribution in [3.63, 3.8) is 0 Å². The number of rotatable bonds is 8. The Labute approximate surface area is 189 Å². The Kier molecular flexibility index (Phi) is 6.90. The Morgan fingerprint density at radius 1 is 1.03 bits per heavy atom. The highest BCUT2D eigenvalue weighted by molar-refractivity contribution is 5.77. The van der Waals surface area contributed by atoms with Crippen LogP contribution < -0.4 is 4.90 Å². The molecular weight excluding hydrogens is 398 g/mol. The van der Waals surface area contributed by atoms with Gasteiger partial charge in [0, 0.05) is 45.0 Å². The summed E-state index contributed by atoms with van der Waals surface area (Å²) in [6.07, 6.45) is 10.5. The monoisotopic (exact) mass is 427 g/mol. The first-order valence-corrected chi connectivity index (χ1v) is 11.0. The molecule has 6 heteroatoms. The van der Waals surface area contributed by atoms with Gasteiger partial charge in [0.05, 0.1) is 17.9 Å². The molecule has 3 aromatic rings. The molecule has 0 N–H and O–H groups in total. The molecule has 0 spiro atoms. The predicted molar refractivity (Wildman–Crippen MR) is 127 cm³/mol. The maximum absolute atomic E-state index is 13.4. The minimum atomic E-state index is 0.141. The van der Waals surface area contributed by atoms with Crippen LogP contribution in [0.4, 0.5) is 5.95 Å². The fourth-order valence-corrected chi connectivity index (χ4v) is 3.91. The van der Waals surface area contributed by atoms with Crippen LogP contribution in [-0.4, -0.2) is 39.9 Å². The lowest BCUT2D eigenvalue weighted by Crippen LogP contribution is -2.32. The van der Waals surface area contributed by atoms with Gasteiger partial charge in [-0.3, -0.25) is 9.78 Å². The Hall–Kier alpha value is -3.54. The van der Waals surface area contributed by atoms with Gasteiger partial charge >= 0.3 is 0 Å². The molecule has 0 fully saturated rings. The number of anilines is 1. The Morgan fingerprint density at radius 3 is 2.53 bits per heavy atom. The van der Waals surface area contributed by atoms with E-state index >= 15 is 0 Å². The van der Waals surface area contributed by atoms with Gasteiger partial charge in [-0.15, -0.1) is 0 Å². The molecule has 0 saturated carbocycles. The fourth-order valence-electron chi connectivity index (χ4n) is 3.91. The Bertz CT molecular complexity index is 1070. The predicted octanol–water partition coefficient (Wildman–Crippen LogP) is 4.49. The molecule has 1 aromatic carbocycles. The highest BCUT2D eigenvalue weighted by Gasteiger charge is 2.22. The van der Waals surface area contributed by atoms with Gasteiger partial charge in [0.1, 0.15) is 0 Å². The van der Waals surface area contributed by atoms with E-state index in [1.165, 1.54) is 0 Å². The largest absolute Gasteiger partial charge is 0.347 e. The lowest BCUT2D eigenvalue weighted by molar-refractivity contribution is -0.133. The van der Waals surface area contributed by atoms with Crippen molar-refractivity contribution < 1.29 is 4.79 Å². The van der Waals surface area contributed by atoms with Gasteiger partial charge < -0.3 is 9.80 Å². The SMILES string of the molecule is CN(C)c1ncc(-c2ccccn2)c(CN(Cc2ccccc2)C(=O)C[C@@H]2C=CCC2)n1. The molecule has 1 amide bonds. The number of carbonyl (C=O) groups is 1. The van der Waals surface area contributed by atoms with Crippen molar-refractivity contribution in [3.8, 4) is 11.3 Å². The molecule has 0 aliphatic heterocycles. The molecule has 32 heavy (non-hydrogen) atoms. The number of hydrogen-bond donors (Lipinski definition) is 0. The van der Waals surface area contributed by atoms with E-state index in [9.17, 15) is 4.79 Å². The lowest BCUT2D eigenvalue weighted by Gasteiger charge is -2.25. The first kappa shape index (κ1) is 21.7. The van der Waals surface area contributed by atoms with E-state index in [1.54, 1.807) is 6.20 Å². The standard InChI is InChI=1S/C26H29N5O/c1-30(2)26-28-17-22(23-14-8-9-15-27-23)24(29-26)19-31(18-21-12-4-3-5-13-21)25(32)16-20-10-6-7-11-20/h3-6,8-10,12-15,17,20H,7,11,16,18-19H2,1-2H3/t20-/m1/s1. The van der Waals surface area contributed by atoms with E-state index in [-0.39, 0.29) is 5.91 Å². The molecular formula is C26H29N5O. The zero-order chi connectivity index (χ0) is 22.3. The van der Waals surface area contributed by atoms with E-state index in [0.717, 1.165) is 35.4 Å². The molecule has 2 aromatic heterocycles. The second kappa shape index (κ2) is 10.2. The molecule has 6 nitrogen and oxygen atoms in total. The molecule has 1 aliphatic rings. The molecule has 2 heterocycles. The molecule has 4 rings (SSSR count). The highest BCUT2D eigenvalue weighted by atomic mass is 16.2. The van der Waals surface area contributed by atoms with Crippen LogP contribution in [0.1, 0.15) is 30.5 Å². The zero-order valence-electron chi connectivity index (χ0n) is 18.7. The van der Waals surface area contributed by atoms with Crippen LogP contribution in [0, 0.1) is 5.92 Å². The Morgan fingerprint density at radius 2 is 1.84 bits per heavy atom. The average Bonchev–Trinajstić information content (AvgIpc) is 3.33. The summed E-state index contributed by atoms with van der Waals surface area (Å²) in [5.41, 5.74) is 3.55. The van der Waals surface area contributed by atoms with E-state index < -0.39 is 0 Å². The highest BCUT2D eigenvalue weighted by Crippen LogP contribution is 2.26. The van der Waals surface area contributed by atoms with Gasteiger partial charge in [0.2, 0.25) is 11.9 Å². The number of benzene rings is 1. The van der Waals surface area contributed by atoms with E-state index in [1.807, 2.05) is 66.5 Å². The van der Waals surface area contributed by atoms with Gasteiger partial charge in [0.15, 0.2) is 0 Å². The molecule has 0 bridgehead atoms. The molecule has 1 atom stereocenters. The summed E-state index contributed by atoms with van der Waals surface area (Å²) in [6.45, 7) is 0.943. The van der Waals surface area contributed by atoms with Crippen LogP contribution in [0.5, 0.6) is 0 Å². The van der Waals surface area contributed by atoms with Crippen LogP contribution in [0.3, 0.4) is 0 Å². The van der Waals surface area contributed by atoms with Crippen LogP contribution >= 0.6 is 0 Å².